The molecule has 1 aliphatic heterocycles. The molecular weight excluding hydrogens is 184 g/mol. The molecule has 0 N–H and O–H groups in total. The molecule has 0 aromatic heterocycles. The van der Waals surface area contributed by atoms with Gasteiger partial charge in [-0.15, -0.1) is 0 Å². The summed E-state index contributed by atoms with van der Waals surface area (Å²) in [6.07, 6.45) is 2.63. The van der Waals surface area contributed by atoms with Gasteiger partial charge in [0, 0.05) is 31.2 Å². The second-order valence-corrected chi connectivity index (χ2v) is 5.36. The Morgan fingerprint density at radius 2 is 1.93 bits per heavy atom. The summed E-state index contributed by atoms with van der Waals surface area (Å²) in [4.78, 5) is 5.29. The maximum Gasteiger partial charge on any atom is 0.0238 e. The molecule has 1 aliphatic rings. The SMILES string of the molecule is CCCN(C(C)C)C1CCN(C(C)C)C1. The van der Waals surface area contributed by atoms with Crippen molar-refractivity contribution in [3.63, 3.8) is 0 Å². The maximum absolute atomic E-state index is 2.68. The van der Waals surface area contributed by atoms with Crippen LogP contribution in [0, 0.1) is 0 Å². The molecule has 0 saturated carbocycles. The third-order valence-corrected chi connectivity index (χ3v) is 3.54. The number of likely N-dealkylation sites (tertiary alicyclic amines) is 1. The van der Waals surface area contributed by atoms with E-state index in [1.807, 2.05) is 0 Å². The van der Waals surface area contributed by atoms with E-state index in [-0.39, 0.29) is 0 Å². The van der Waals surface area contributed by atoms with E-state index < -0.39 is 0 Å². The normalized spacial score (nSPS) is 23.6. The minimum absolute atomic E-state index is 0.696. The van der Waals surface area contributed by atoms with Crippen LogP contribution in [0.5, 0.6) is 0 Å². The van der Waals surface area contributed by atoms with E-state index in [2.05, 4.69) is 44.4 Å². The van der Waals surface area contributed by atoms with E-state index >= 15 is 0 Å². The molecule has 0 aromatic rings. The predicted molar refractivity (Wildman–Crippen MR) is 67.2 cm³/mol. The Hall–Kier alpha value is -0.0800. The fourth-order valence-electron chi connectivity index (χ4n) is 2.63. The van der Waals surface area contributed by atoms with Gasteiger partial charge in [-0.3, -0.25) is 9.80 Å². The lowest BCUT2D eigenvalue weighted by molar-refractivity contribution is 0.147. The van der Waals surface area contributed by atoms with Gasteiger partial charge in [-0.1, -0.05) is 6.92 Å². The molecule has 1 fully saturated rings. The van der Waals surface area contributed by atoms with Crippen molar-refractivity contribution in [1.82, 2.24) is 9.80 Å². The Balaban J connectivity index is 2.49. The van der Waals surface area contributed by atoms with Crippen molar-refractivity contribution in [2.75, 3.05) is 19.6 Å². The number of rotatable bonds is 5. The molecule has 0 amide bonds. The first kappa shape index (κ1) is 13.0. The van der Waals surface area contributed by atoms with Crippen LogP contribution in [0.25, 0.3) is 0 Å². The standard InChI is InChI=1S/C13H28N2/c1-6-8-15(12(4)5)13-7-9-14(10-13)11(2)3/h11-13H,6-10H2,1-5H3. The van der Waals surface area contributed by atoms with Crippen LogP contribution in [0.15, 0.2) is 0 Å². The zero-order valence-electron chi connectivity index (χ0n) is 11.2. The summed E-state index contributed by atoms with van der Waals surface area (Å²) in [5, 5.41) is 0. The highest BCUT2D eigenvalue weighted by Crippen LogP contribution is 2.19. The number of hydrogen-bond acceptors (Lipinski definition) is 2. The predicted octanol–water partition coefficient (Wildman–Crippen LogP) is 2.59. The van der Waals surface area contributed by atoms with Crippen LogP contribution < -0.4 is 0 Å². The smallest absolute Gasteiger partial charge is 0.0238 e. The molecule has 1 rings (SSSR count). The van der Waals surface area contributed by atoms with Gasteiger partial charge in [0.15, 0.2) is 0 Å². The van der Waals surface area contributed by atoms with Gasteiger partial charge in [0.2, 0.25) is 0 Å². The number of hydrogen-bond donors (Lipinski definition) is 0. The molecule has 2 heteroatoms. The van der Waals surface area contributed by atoms with Crippen molar-refractivity contribution in [2.24, 2.45) is 0 Å². The summed E-state index contributed by atoms with van der Waals surface area (Å²) in [5.74, 6) is 0. The summed E-state index contributed by atoms with van der Waals surface area (Å²) in [7, 11) is 0. The molecule has 1 unspecified atom stereocenters. The van der Waals surface area contributed by atoms with Gasteiger partial charge in [0.1, 0.15) is 0 Å². The van der Waals surface area contributed by atoms with Crippen LogP contribution >= 0.6 is 0 Å². The van der Waals surface area contributed by atoms with Gasteiger partial charge in [-0.2, -0.15) is 0 Å². The average Bonchev–Trinajstić information content (AvgIpc) is 2.62. The first-order valence-corrected chi connectivity index (χ1v) is 6.56. The summed E-state index contributed by atoms with van der Waals surface area (Å²) in [6, 6.07) is 2.21. The van der Waals surface area contributed by atoms with E-state index in [1.165, 1.54) is 32.5 Å². The van der Waals surface area contributed by atoms with Crippen molar-refractivity contribution in [2.45, 2.75) is 65.6 Å². The van der Waals surface area contributed by atoms with E-state index in [4.69, 9.17) is 0 Å². The van der Waals surface area contributed by atoms with Gasteiger partial charge in [-0.05, 0) is 47.1 Å². The Kier molecular flexibility index (Phi) is 5.07. The minimum Gasteiger partial charge on any atom is -0.299 e. The van der Waals surface area contributed by atoms with Gasteiger partial charge < -0.3 is 0 Å². The third kappa shape index (κ3) is 3.46. The first-order valence-electron chi connectivity index (χ1n) is 6.56. The molecule has 0 aliphatic carbocycles. The zero-order valence-corrected chi connectivity index (χ0v) is 11.2. The second kappa shape index (κ2) is 5.86. The van der Waals surface area contributed by atoms with Crippen LogP contribution in [0.1, 0.15) is 47.5 Å². The maximum atomic E-state index is 2.68. The zero-order chi connectivity index (χ0) is 11.4. The summed E-state index contributed by atoms with van der Waals surface area (Å²) in [6.45, 7) is 15.4. The van der Waals surface area contributed by atoms with Crippen LogP contribution in [-0.2, 0) is 0 Å². The molecule has 2 nitrogen and oxygen atoms in total. The minimum atomic E-state index is 0.696. The van der Waals surface area contributed by atoms with Crippen LogP contribution in [-0.4, -0.2) is 47.6 Å². The van der Waals surface area contributed by atoms with Gasteiger partial charge >= 0.3 is 0 Å². The van der Waals surface area contributed by atoms with Crippen molar-refractivity contribution >= 4 is 0 Å². The largest absolute Gasteiger partial charge is 0.299 e. The highest BCUT2D eigenvalue weighted by molar-refractivity contribution is 4.86. The van der Waals surface area contributed by atoms with Crippen LogP contribution in [0.3, 0.4) is 0 Å². The lowest BCUT2D eigenvalue weighted by Gasteiger charge is -2.32. The van der Waals surface area contributed by atoms with Crippen molar-refractivity contribution in [3.8, 4) is 0 Å². The Morgan fingerprint density at radius 1 is 1.27 bits per heavy atom. The lowest BCUT2D eigenvalue weighted by atomic mass is 10.1. The average molecular weight is 212 g/mol. The van der Waals surface area contributed by atoms with E-state index in [0.717, 1.165) is 6.04 Å². The fourth-order valence-corrected chi connectivity index (χ4v) is 2.63. The van der Waals surface area contributed by atoms with Crippen LogP contribution in [0.2, 0.25) is 0 Å². The molecule has 1 heterocycles. The molecule has 1 atom stereocenters. The topological polar surface area (TPSA) is 6.48 Å². The van der Waals surface area contributed by atoms with Crippen molar-refractivity contribution in [3.05, 3.63) is 0 Å². The number of nitrogens with zero attached hydrogens (tertiary/aromatic N) is 2. The van der Waals surface area contributed by atoms with Crippen molar-refractivity contribution in [1.29, 1.82) is 0 Å². The monoisotopic (exact) mass is 212 g/mol. The van der Waals surface area contributed by atoms with E-state index in [9.17, 15) is 0 Å². The highest BCUT2D eigenvalue weighted by Gasteiger charge is 2.29. The first-order chi connectivity index (χ1) is 7.06. The molecule has 1 saturated heterocycles. The molecule has 0 bridgehead atoms. The van der Waals surface area contributed by atoms with Gasteiger partial charge in [0.05, 0.1) is 0 Å². The lowest BCUT2D eigenvalue weighted by Crippen LogP contribution is -2.43. The molecule has 0 aromatic carbocycles. The quantitative estimate of drug-likeness (QED) is 0.691. The third-order valence-electron chi connectivity index (χ3n) is 3.54. The molecular formula is C13H28N2. The van der Waals surface area contributed by atoms with Crippen molar-refractivity contribution < 1.29 is 0 Å². The highest BCUT2D eigenvalue weighted by atomic mass is 15.3. The summed E-state index contributed by atoms with van der Waals surface area (Å²) in [5.41, 5.74) is 0. The molecule has 0 radical (unpaired) electrons. The molecule has 15 heavy (non-hydrogen) atoms. The summed E-state index contributed by atoms with van der Waals surface area (Å²) >= 11 is 0. The van der Waals surface area contributed by atoms with E-state index in [1.54, 1.807) is 0 Å². The van der Waals surface area contributed by atoms with E-state index in [0.29, 0.717) is 12.1 Å². The Morgan fingerprint density at radius 3 is 2.33 bits per heavy atom. The van der Waals surface area contributed by atoms with Gasteiger partial charge in [-0.25, -0.2) is 0 Å². The molecule has 90 valence electrons. The fraction of sp³-hybridized carbons (Fsp3) is 1.00. The van der Waals surface area contributed by atoms with Crippen LogP contribution in [0.4, 0.5) is 0 Å². The molecule has 0 spiro atoms. The Bertz CT molecular complexity index is 177. The summed E-state index contributed by atoms with van der Waals surface area (Å²) < 4.78 is 0. The van der Waals surface area contributed by atoms with Gasteiger partial charge in [0.25, 0.3) is 0 Å². The Labute approximate surface area is 95.6 Å². The second-order valence-electron chi connectivity index (χ2n) is 5.36.